The Labute approximate surface area is 160 Å². The predicted molar refractivity (Wildman–Crippen MR) is 109 cm³/mol. The van der Waals surface area contributed by atoms with Gasteiger partial charge in [-0.05, 0) is 48.6 Å². The van der Waals surface area contributed by atoms with Crippen molar-refractivity contribution in [3.63, 3.8) is 0 Å². The summed E-state index contributed by atoms with van der Waals surface area (Å²) in [5.74, 6) is 2.22. The largest absolute Gasteiger partial charge is 0.493 e. The van der Waals surface area contributed by atoms with Gasteiger partial charge in [0, 0.05) is 18.0 Å². The number of guanidine groups is 1. The van der Waals surface area contributed by atoms with Crippen molar-refractivity contribution in [2.45, 2.75) is 24.9 Å². The Morgan fingerprint density at radius 2 is 1.65 bits per heavy atom. The van der Waals surface area contributed by atoms with Crippen molar-refractivity contribution in [2.24, 2.45) is 4.99 Å². The summed E-state index contributed by atoms with van der Waals surface area (Å²) in [6.07, 6.45) is 2.08. The summed E-state index contributed by atoms with van der Waals surface area (Å²) < 4.78 is 10.6. The minimum atomic E-state index is 0.557. The third-order valence-electron chi connectivity index (χ3n) is 3.83. The van der Waals surface area contributed by atoms with E-state index in [1.807, 2.05) is 18.2 Å². The number of nitrogens with one attached hydrogen (secondary N) is 2. The van der Waals surface area contributed by atoms with Crippen LogP contribution in [0.4, 0.5) is 0 Å². The SMILES string of the molecule is CCNC(=NCc1ccc(OC)c(OC)c1)NCc1ccc(SC)cc1. The number of benzene rings is 2. The van der Waals surface area contributed by atoms with E-state index in [1.54, 1.807) is 26.0 Å². The number of hydrogen-bond acceptors (Lipinski definition) is 4. The summed E-state index contributed by atoms with van der Waals surface area (Å²) in [5, 5.41) is 6.65. The maximum atomic E-state index is 5.35. The molecule has 2 aromatic carbocycles. The number of rotatable bonds is 8. The second-order valence-electron chi connectivity index (χ2n) is 5.59. The van der Waals surface area contributed by atoms with Gasteiger partial charge in [0.1, 0.15) is 0 Å². The molecular weight excluding hydrogens is 346 g/mol. The van der Waals surface area contributed by atoms with Gasteiger partial charge in [0.05, 0.1) is 20.8 Å². The van der Waals surface area contributed by atoms with Crippen molar-refractivity contribution in [3.8, 4) is 11.5 Å². The standard InChI is InChI=1S/C20H27N3O2S/c1-5-21-20(22-13-15-6-9-17(26-4)10-7-15)23-14-16-8-11-18(24-2)19(12-16)25-3/h6-12H,5,13-14H2,1-4H3,(H2,21,22,23). The molecule has 2 rings (SSSR count). The fraction of sp³-hybridized carbons (Fsp3) is 0.350. The van der Waals surface area contributed by atoms with Crippen LogP contribution in [0.25, 0.3) is 0 Å². The van der Waals surface area contributed by atoms with Crippen molar-refractivity contribution >= 4 is 17.7 Å². The molecule has 5 nitrogen and oxygen atoms in total. The van der Waals surface area contributed by atoms with Gasteiger partial charge in [-0.1, -0.05) is 18.2 Å². The summed E-state index contributed by atoms with van der Waals surface area (Å²) >= 11 is 1.75. The van der Waals surface area contributed by atoms with Crippen molar-refractivity contribution < 1.29 is 9.47 Å². The normalized spacial score (nSPS) is 11.2. The lowest BCUT2D eigenvalue weighted by molar-refractivity contribution is 0.354. The van der Waals surface area contributed by atoms with Crippen LogP contribution in [0.15, 0.2) is 52.4 Å². The maximum Gasteiger partial charge on any atom is 0.191 e. The van der Waals surface area contributed by atoms with E-state index < -0.39 is 0 Å². The fourth-order valence-electron chi connectivity index (χ4n) is 2.42. The van der Waals surface area contributed by atoms with Gasteiger partial charge in [0.15, 0.2) is 17.5 Å². The molecule has 0 atom stereocenters. The molecule has 0 unspecified atom stereocenters. The molecule has 0 aliphatic rings. The molecule has 26 heavy (non-hydrogen) atoms. The zero-order valence-electron chi connectivity index (χ0n) is 15.8. The minimum Gasteiger partial charge on any atom is -0.493 e. The van der Waals surface area contributed by atoms with Crippen LogP contribution < -0.4 is 20.1 Å². The van der Waals surface area contributed by atoms with Gasteiger partial charge in [-0.2, -0.15) is 0 Å². The first-order valence-corrected chi connectivity index (χ1v) is 9.78. The Morgan fingerprint density at radius 1 is 0.962 bits per heavy atom. The van der Waals surface area contributed by atoms with Gasteiger partial charge in [-0.15, -0.1) is 11.8 Å². The Morgan fingerprint density at radius 3 is 2.27 bits per heavy atom. The highest BCUT2D eigenvalue weighted by molar-refractivity contribution is 7.98. The predicted octanol–water partition coefficient (Wildman–Crippen LogP) is 3.68. The van der Waals surface area contributed by atoms with E-state index in [4.69, 9.17) is 9.47 Å². The summed E-state index contributed by atoms with van der Waals surface area (Å²) in [4.78, 5) is 5.92. The minimum absolute atomic E-state index is 0.557. The van der Waals surface area contributed by atoms with Crippen LogP contribution in [0, 0.1) is 0 Å². The molecule has 0 saturated carbocycles. The lowest BCUT2D eigenvalue weighted by Crippen LogP contribution is -2.36. The highest BCUT2D eigenvalue weighted by Gasteiger charge is 2.05. The van der Waals surface area contributed by atoms with Gasteiger partial charge in [-0.25, -0.2) is 4.99 Å². The molecule has 6 heteroatoms. The van der Waals surface area contributed by atoms with Gasteiger partial charge in [0.2, 0.25) is 0 Å². The van der Waals surface area contributed by atoms with Gasteiger partial charge < -0.3 is 20.1 Å². The molecule has 140 valence electrons. The van der Waals surface area contributed by atoms with Crippen LogP contribution in [0.3, 0.4) is 0 Å². The van der Waals surface area contributed by atoms with Crippen LogP contribution in [-0.4, -0.2) is 33.0 Å². The zero-order chi connectivity index (χ0) is 18.8. The monoisotopic (exact) mass is 373 g/mol. The number of aliphatic imine (C=N–C) groups is 1. The molecule has 0 aliphatic heterocycles. The number of ether oxygens (including phenoxy) is 2. The molecule has 0 spiro atoms. The number of thioether (sulfide) groups is 1. The summed E-state index contributed by atoms with van der Waals surface area (Å²) in [7, 11) is 3.27. The van der Waals surface area contributed by atoms with Crippen LogP contribution in [0.5, 0.6) is 11.5 Å². The second-order valence-corrected chi connectivity index (χ2v) is 6.47. The third-order valence-corrected chi connectivity index (χ3v) is 4.57. The molecule has 0 radical (unpaired) electrons. The smallest absolute Gasteiger partial charge is 0.191 e. The Balaban J connectivity index is 2.01. The van der Waals surface area contributed by atoms with E-state index >= 15 is 0 Å². The second kappa shape index (κ2) is 10.6. The first kappa shape index (κ1) is 20.0. The van der Waals surface area contributed by atoms with Gasteiger partial charge in [-0.3, -0.25) is 0 Å². The molecule has 0 bridgehead atoms. The molecule has 0 saturated heterocycles. The van der Waals surface area contributed by atoms with Crippen molar-refractivity contribution in [1.29, 1.82) is 0 Å². The third kappa shape index (κ3) is 5.88. The average Bonchev–Trinajstić information content (AvgIpc) is 2.70. The molecule has 2 aromatic rings. The van der Waals surface area contributed by atoms with E-state index in [0.717, 1.165) is 30.4 Å². The van der Waals surface area contributed by atoms with Crippen LogP contribution in [0.1, 0.15) is 18.1 Å². The average molecular weight is 374 g/mol. The molecular formula is C20H27N3O2S. The zero-order valence-corrected chi connectivity index (χ0v) is 16.7. The molecule has 0 aromatic heterocycles. The topological polar surface area (TPSA) is 54.9 Å². The number of methoxy groups -OCH3 is 2. The molecule has 2 N–H and O–H groups in total. The van der Waals surface area contributed by atoms with Crippen LogP contribution in [0.2, 0.25) is 0 Å². The Hall–Kier alpha value is -2.34. The first-order chi connectivity index (χ1) is 12.7. The molecule has 0 heterocycles. The number of hydrogen-bond donors (Lipinski definition) is 2. The van der Waals surface area contributed by atoms with E-state index in [2.05, 4.69) is 53.1 Å². The van der Waals surface area contributed by atoms with E-state index in [1.165, 1.54) is 10.5 Å². The lowest BCUT2D eigenvalue weighted by atomic mass is 10.2. The highest BCUT2D eigenvalue weighted by Crippen LogP contribution is 2.27. The van der Waals surface area contributed by atoms with Crippen molar-refractivity contribution in [3.05, 3.63) is 53.6 Å². The van der Waals surface area contributed by atoms with Gasteiger partial charge >= 0.3 is 0 Å². The number of nitrogens with zero attached hydrogens (tertiary/aromatic N) is 1. The summed E-state index contributed by atoms with van der Waals surface area (Å²) in [5.41, 5.74) is 2.28. The fourth-order valence-corrected chi connectivity index (χ4v) is 2.83. The van der Waals surface area contributed by atoms with Crippen LogP contribution >= 0.6 is 11.8 Å². The first-order valence-electron chi connectivity index (χ1n) is 8.56. The Bertz CT molecular complexity index is 717. The molecule has 0 amide bonds. The van der Waals surface area contributed by atoms with Crippen molar-refractivity contribution in [2.75, 3.05) is 27.0 Å². The molecule has 0 aliphatic carbocycles. The quantitative estimate of drug-likeness (QED) is 0.420. The molecule has 0 fully saturated rings. The Kier molecular flexibility index (Phi) is 8.15. The van der Waals surface area contributed by atoms with E-state index in [0.29, 0.717) is 12.3 Å². The van der Waals surface area contributed by atoms with E-state index in [9.17, 15) is 0 Å². The van der Waals surface area contributed by atoms with Crippen LogP contribution in [-0.2, 0) is 13.1 Å². The highest BCUT2D eigenvalue weighted by atomic mass is 32.2. The van der Waals surface area contributed by atoms with E-state index in [-0.39, 0.29) is 0 Å². The van der Waals surface area contributed by atoms with Crippen molar-refractivity contribution in [1.82, 2.24) is 10.6 Å². The van der Waals surface area contributed by atoms with Gasteiger partial charge in [0.25, 0.3) is 0 Å². The summed E-state index contributed by atoms with van der Waals surface area (Å²) in [6.45, 7) is 4.15. The lowest BCUT2D eigenvalue weighted by Gasteiger charge is -2.12. The maximum absolute atomic E-state index is 5.35. The summed E-state index contributed by atoms with van der Waals surface area (Å²) in [6, 6.07) is 14.4.